The summed E-state index contributed by atoms with van der Waals surface area (Å²) in [5.41, 5.74) is 2.37. The first-order valence-electron chi connectivity index (χ1n) is 9.41. The standard InChI is InChI=1S/C22H22ClN3O2/c23-18-4-1-3-16(13-18)17-5-6-19(20(27)14-17)21(28)15-7-11-26(12-8-15)22-24-9-2-10-25-22/h1-6,9-10,13-15,21,27-28H,7-8,11-12H2/t21-/m1/s1. The molecule has 2 heterocycles. The number of aliphatic hydroxyl groups is 1. The van der Waals surface area contributed by atoms with Crippen LogP contribution in [0.4, 0.5) is 5.95 Å². The van der Waals surface area contributed by atoms with Crippen molar-refractivity contribution in [2.24, 2.45) is 5.92 Å². The zero-order valence-corrected chi connectivity index (χ0v) is 16.1. The van der Waals surface area contributed by atoms with Crippen molar-refractivity contribution in [3.05, 3.63) is 71.5 Å². The molecule has 0 bridgehead atoms. The smallest absolute Gasteiger partial charge is 0.225 e. The van der Waals surface area contributed by atoms with E-state index in [1.807, 2.05) is 36.4 Å². The maximum Gasteiger partial charge on any atom is 0.225 e. The van der Waals surface area contributed by atoms with Crippen molar-refractivity contribution in [3.63, 3.8) is 0 Å². The number of anilines is 1. The summed E-state index contributed by atoms with van der Waals surface area (Å²) in [6.45, 7) is 1.57. The van der Waals surface area contributed by atoms with Gasteiger partial charge in [-0.2, -0.15) is 0 Å². The van der Waals surface area contributed by atoms with Crippen LogP contribution < -0.4 is 4.90 Å². The molecule has 0 amide bonds. The van der Waals surface area contributed by atoms with E-state index in [1.54, 1.807) is 24.5 Å². The lowest BCUT2D eigenvalue weighted by atomic mass is 9.86. The van der Waals surface area contributed by atoms with Gasteiger partial charge in [-0.05, 0) is 54.2 Å². The fraction of sp³-hybridized carbons (Fsp3) is 0.273. The lowest BCUT2D eigenvalue weighted by Gasteiger charge is -2.34. The van der Waals surface area contributed by atoms with Crippen LogP contribution in [-0.4, -0.2) is 33.3 Å². The van der Waals surface area contributed by atoms with Crippen LogP contribution in [0.15, 0.2) is 60.9 Å². The third-order valence-electron chi connectivity index (χ3n) is 5.33. The van der Waals surface area contributed by atoms with Crippen LogP contribution in [0.1, 0.15) is 24.5 Å². The summed E-state index contributed by atoms with van der Waals surface area (Å²) >= 11 is 6.06. The lowest BCUT2D eigenvalue weighted by molar-refractivity contribution is 0.0904. The first-order valence-corrected chi connectivity index (χ1v) is 9.78. The number of phenols is 1. The van der Waals surface area contributed by atoms with Crippen molar-refractivity contribution in [2.75, 3.05) is 18.0 Å². The molecule has 1 aromatic heterocycles. The van der Waals surface area contributed by atoms with Crippen LogP contribution in [0.2, 0.25) is 5.02 Å². The van der Waals surface area contributed by atoms with E-state index in [1.165, 1.54) is 0 Å². The van der Waals surface area contributed by atoms with E-state index in [-0.39, 0.29) is 11.7 Å². The molecule has 2 N–H and O–H groups in total. The molecule has 2 aromatic carbocycles. The predicted octanol–water partition coefficient (Wildman–Crippen LogP) is 4.45. The molecular weight excluding hydrogens is 374 g/mol. The Bertz CT molecular complexity index is 944. The van der Waals surface area contributed by atoms with Gasteiger partial charge in [-0.1, -0.05) is 35.9 Å². The fourth-order valence-corrected chi connectivity index (χ4v) is 3.96. The van der Waals surface area contributed by atoms with Crippen molar-refractivity contribution in [2.45, 2.75) is 18.9 Å². The number of hydrogen-bond acceptors (Lipinski definition) is 5. The molecule has 6 heteroatoms. The maximum atomic E-state index is 10.9. The molecule has 1 aliphatic heterocycles. The van der Waals surface area contributed by atoms with Gasteiger partial charge in [0.05, 0.1) is 6.10 Å². The molecule has 0 unspecified atom stereocenters. The number of aromatic hydroxyl groups is 1. The Morgan fingerprint density at radius 2 is 1.68 bits per heavy atom. The van der Waals surface area contributed by atoms with E-state index in [2.05, 4.69) is 14.9 Å². The van der Waals surface area contributed by atoms with Crippen LogP contribution in [0.5, 0.6) is 5.75 Å². The number of benzene rings is 2. The lowest BCUT2D eigenvalue weighted by Crippen LogP contribution is -2.36. The summed E-state index contributed by atoms with van der Waals surface area (Å²) in [6, 6.07) is 14.7. The van der Waals surface area contributed by atoms with Crippen LogP contribution in [0.25, 0.3) is 11.1 Å². The number of piperidine rings is 1. The predicted molar refractivity (Wildman–Crippen MR) is 110 cm³/mol. The molecule has 0 saturated carbocycles. The first-order chi connectivity index (χ1) is 13.6. The Morgan fingerprint density at radius 3 is 2.36 bits per heavy atom. The van der Waals surface area contributed by atoms with Gasteiger partial charge in [0.1, 0.15) is 5.75 Å². The quantitative estimate of drug-likeness (QED) is 0.682. The molecule has 1 atom stereocenters. The Balaban J connectivity index is 1.46. The number of nitrogens with zero attached hydrogens (tertiary/aromatic N) is 3. The summed E-state index contributed by atoms with van der Waals surface area (Å²) in [5, 5.41) is 22.0. The molecule has 28 heavy (non-hydrogen) atoms. The number of rotatable bonds is 4. The van der Waals surface area contributed by atoms with Crippen molar-refractivity contribution in [3.8, 4) is 16.9 Å². The molecule has 1 saturated heterocycles. The van der Waals surface area contributed by atoms with Gasteiger partial charge in [0.25, 0.3) is 0 Å². The second-order valence-corrected chi connectivity index (χ2v) is 7.54. The molecule has 5 nitrogen and oxygen atoms in total. The first kappa shape index (κ1) is 18.7. The van der Waals surface area contributed by atoms with Crippen molar-refractivity contribution >= 4 is 17.5 Å². The highest BCUT2D eigenvalue weighted by atomic mass is 35.5. The van der Waals surface area contributed by atoms with Gasteiger partial charge in [-0.15, -0.1) is 0 Å². The van der Waals surface area contributed by atoms with Gasteiger partial charge in [0.15, 0.2) is 0 Å². The Kier molecular flexibility index (Phi) is 5.46. The Labute approximate surface area is 169 Å². The van der Waals surface area contributed by atoms with Crippen LogP contribution in [0.3, 0.4) is 0 Å². The van der Waals surface area contributed by atoms with E-state index < -0.39 is 6.10 Å². The molecule has 0 spiro atoms. The van der Waals surface area contributed by atoms with Crippen LogP contribution in [0, 0.1) is 5.92 Å². The van der Waals surface area contributed by atoms with E-state index in [0.717, 1.165) is 43.0 Å². The molecule has 3 aromatic rings. The highest BCUT2D eigenvalue weighted by molar-refractivity contribution is 6.30. The minimum Gasteiger partial charge on any atom is -0.508 e. The number of phenolic OH excluding ortho intramolecular Hbond substituents is 1. The number of aromatic nitrogens is 2. The minimum absolute atomic E-state index is 0.0860. The number of hydrogen-bond donors (Lipinski definition) is 2. The van der Waals surface area contributed by atoms with Gasteiger partial charge in [-0.3, -0.25) is 0 Å². The van der Waals surface area contributed by atoms with E-state index >= 15 is 0 Å². The third-order valence-corrected chi connectivity index (χ3v) is 5.56. The summed E-state index contributed by atoms with van der Waals surface area (Å²) < 4.78 is 0. The summed E-state index contributed by atoms with van der Waals surface area (Å²) in [6.07, 6.45) is 4.40. The molecule has 0 aliphatic carbocycles. The molecule has 0 radical (unpaired) electrons. The van der Waals surface area contributed by atoms with Crippen LogP contribution >= 0.6 is 11.6 Å². The van der Waals surface area contributed by atoms with E-state index in [9.17, 15) is 10.2 Å². The fourth-order valence-electron chi connectivity index (χ4n) is 3.77. The summed E-state index contributed by atoms with van der Waals surface area (Å²) in [7, 11) is 0. The normalized spacial score (nSPS) is 16.1. The van der Waals surface area contributed by atoms with E-state index in [0.29, 0.717) is 10.6 Å². The molecule has 1 aliphatic rings. The third kappa shape index (κ3) is 3.96. The summed E-state index contributed by atoms with van der Waals surface area (Å²) in [4.78, 5) is 10.7. The zero-order valence-electron chi connectivity index (χ0n) is 15.4. The molecular formula is C22H22ClN3O2. The van der Waals surface area contributed by atoms with Gasteiger partial charge in [0.2, 0.25) is 5.95 Å². The van der Waals surface area contributed by atoms with Gasteiger partial charge >= 0.3 is 0 Å². The van der Waals surface area contributed by atoms with Gasteiger partial charge < -0.3 is 15.1 Å². The maximum absolute atomic E-state index is 10.9. The molecule has 1 fully saturated rings. The largest absolute Gasteiger partial charge is 0.508 e. The van der Waals surface area contributed by atoms with Crippen molar-refractivity contribution < 1.29 is 10.2 Å². The topological polar surface area (TPSA) is 69.5 Å². The van der Waals surface area contributed by atoms with Crippen molar-refractivity contribution in [1.82, 2.24) is 9.97 Å². The monoisotopic (exact) mass is 395 g/mol. The average molecular weight is 396 g/mol. The van der Waals surface area contributed by atoms with Crippen LogP contribution in [-0.2, 0) is 0 Å². The van der Waals surface area contributed by atoms with Gasteiger partial charge in [-0.25, -0.2) is 9.97 Å². The van der Waals surface area contributed by atoms with E-state index in [4.69, 9.17) is 11.6 Å². The zero-order chi connectivity index (χ0) is 19.5. The number of aliphatic hydroxyl groups excluding tert-OH is 1. The minimum atomic E-state index is -0.702. The summed E-state index contributed by atoms with van der Waals surface area (Å²) in [5.74, 6) is 0.922. The highest BCUT2D eigenvalue weighted by Crippen LogP contribution is 2.37. The van der Waals surface area contributed by atoms with Gasteiger partial charge in [0, 0.05) is 36.1 Å². The average Bonchev–Trinajstić information content (AvgIpc) is 2.74. The Morgan fingerprint density at radius 1 is 0.964 bits per heavy atom. The molecule has 4 rings (SSSR count). The number of halogens is 1. The SMILES string of the molecule is Oc1cc(-c2cccc(Cl)c2)ccc1[C@H](O)C1CCN(c2ncccn2)CC1. The molecule has 144 valence electrons. The highest BCUT2D eigenvalue weighted by Gasteiger charge is 2.28. The Hall–Kier alpha value is -2.63. The second-order valence-electron chi connectivity index (χ2n) is 7.10. The second kappa shape index (κ2) is 8.17. The van der Waals surface area contributed by atoms with Crippen molar-refractivity contribution in [1.29, 1.82) is 0 Å².